The SMILES string of the molecule is COc1ccc(C(=O)N[C@H](C)c2nc(C)sc2C)cc1N1CCOCC1. The molecule has 1 aliphatic rings. The van der Waals surface area contributed by atoms with Gasteiger partial charge < -0.3 is 19.7 Å². The quantitative estimate of drug-likeness (QED) is 0.870. The number of benzene rings is 1. The number of morpholine rings is 1. The Morgan fingerprint density at radius 2 is 2.08 bits per heavy atom. The van der Waals surface area contributed by atoms with Gasteiger partial charge in [-0.05, 0) is 39.0 Å². The lowest BCUT2D eigenvalue weighted by molar-refractivity contribution is 0.0939. The highest BCUT2D eigenvalue weighted by atomic mass is 32.1. The number of hydrogen-bond acceptors (Lipinski definition) is 6. The zero-order chi connectivity index (χ0) is 18.7. The number of amides is 1. The van der Waals surface area contributed by atoms with Gasteiger partial charge in [0.05, 0.1) is 42.8 Å². The van der Waals surface area contributed by atoms with Gasteiger partial charge >= 0.3 is 0 Å². The minimum atomic E-state index is -0.138. The van der Waals surface area contributed by atoms with Gasteiger partial charge in [0.1, 0.15) is 5.75 Å². The maximum Gasteiger partial charge on any atom is 0.251 e. The van der Waals surface area contributed by atoms with Crippen molar-refractivity contribution in [3.8, 4) is 5.75 Å². The molecule has 0 radical (unpaired) electrons. The van der Waals surface area contributed by atoms with Crippen LogP contribution in [-0.4, -0.2) is 44.3 Å². The van der Waals surface area contributed by atoms with E-state index >= 15 is 0 Å². The minimum absolute atomic E-state index is 0.111. The molecular weight excluding hydrogens is 350 g/mol. The fourth-order valence-electron chi connectivity index (χ4n) is 3.18. The van der Waals surface area contributed by atoms with Crippen molar-refractivity contribution >= 4 is 22.9 Å². The van der Waals surface area contributed by atoms with Crippen molar-refractivity contribution in [3.63, 3.8) is 0 Å². The third kappa shape index (κ3) is 3.99. The zero-order valence-corrected chi connectivity index (χ0v) is 16.5. The van der Waals surface area contributed by atoms with E-state index in [-0.39, 0.29) is 11.9 Å². The maximum atomic E-state index is 12.8. The Labute approximate surface area is 158 Å². The third-order valence-corrected chi connectivity index (χ3v) is 5.39. The predicted octanol–water partition coefficient (Wildman–Crippen LogP) is 3.10. The Kier molecular flexibility index (Phi) is 5.78. The number of methoxy groups -OCH3 is 1. The molecular formula is C19H25N3O3S. The van der Waals surface area contributed by atoms with E-state index in [0.29, 0.717) is 18.8 Å². The Morgan fingerprint density at radius 3 is 2.69 bits per heavy atom. The number of rotatable bonds is 5. The fourth-order valence-corrected chi connectivity index (χ4v) is 4.09. The standard InChI is InChI=1S/C19H25N3O3S/c1-12(18-13(2)26-14(3)21-18)20-19(23)15-5-6-17(24-4)16(11-15)22-7-9-25-10-8-22/h5-6,11-12H,7-10H2,1-4H3,(H,20,23)/t12-/m1/s1. The summed E-state index contributed by atoms with van der Waals surface area (Å²) < 4.78 is 10.9. The summed E-state index contributed by atoms with van der Waals surface area (Å²) >= 11 is 1.65. The van der Waals surface area contributed by atoms with E-state index in [1.54, 1.807) is 24.5 Å². The molecule has 26 heavy (non-hydrogen) atoms. The van der Waals surface area contributed by atoms with E-state index in [4.69, 9.17) is 9.47 Å². The van der Waals surface area contributed by atoms with Crippen LogP contribution in [0.4, 0.5) is 5.69 Å². The summed E-state index contributed by atoms with van der Waals surface area (Å²) in [6.45, 7) is 8.91. The predicted molar refractivity (Wildman–Crippen MR) is 103 cm³/mol. The molecule has 0 bridgehead atoms. The molecule has 0 saturated carbocycles. The second kappa shape index (κ2) is 8.05. The first-order valence-electron chi connectivity index (χ1n) is 8.75. The van der Waals surface area contributed by atoms with Crippen LogP contribution in [-0.2, 0) is 4.74 Å². The molecule has 1 N–H and O–H groups in total. The molecule has 0 unspecified atom stereocenters. The molecule has 6 nitrogen and oxygen atoms in total. The molecule has 1 aromatic carbocycles. The lowest BCUT2D eigenvalue weighted by atomic mass is 10.1. The van der Waals surface area contributed by atoms with Crippen LogP contribution in [0.3, 0.4) is 0 Å². The van der Waals surface area contributed by atoms with Crippen molar-refractivity contribution in [3.05, 3.63) is 39.3 Å². The Balaban J connectivity index is 1.79. The van der Waals surface area contributed by atoms with Gasteiger partial charge in [-0.15, -0.1) is 11.3 Å². The number of nitrogens with one attached hydrogen (secondary N) is 1. The lowest BCUT2D eigenvalue weighted by Crippen LogP contribution is -2.36. The number of nitrogens with zero attached hydrogens (tertiary/aromatic N) is 2. The number of anilines is 1. The second-order valence-corrected chi connectivity index (χ2v) is 7.76. The van der Waals surface area contributed by atoms with Gasteiger partial charge in [-0.2, -0.15) is 0 Å². The maximum absolute atomic E-state index is 12.8. The highest BCUT2D eigenvalue weighted by Crippen LogP contribution is 2.30. The van der Waals surface area contributed by atoms with Crippen LogP contribution in [0.15, 0.2) is 18.2 Å². The molecule has 1 fully saturated rings. The average molecular weight is 375 g/mol. The smallest absolute Gasteiger partial charge is 0.251 e. The van der Waals surface area contributed by atoms with Crippen molar-refractivity contribution in [1.82, 2.24) is 10.3 Å². The molecule has 0 spiro atoms. The molecule has 1 saturated heterocycles. The number of thiazole rings is 1. The highest BCUT2D eigenvalue weighted by Gasteiger charge is 2.20. The number of carbonyl (C=O) groups excluding carboxylic acids is 1. The van der Waals surface area contributed by atoms with Crippen molar-refractivity contribution < 1.29 is 14.3 Å². The first kappa shape index (κ1) is 18.7. The summed E-state index contributed by atoms with van der Waals surface area (Å²) in [5, 5.41) is 4.07. The normalized spacial score (nSPS) is 15.6. The van der Waals surface area contributed by atoms with Crippen LogP contribution in [0, 0.1) is 13.8 Å². The van der Waals surface area contributed by atoms with E-state index in [1.807, 2.05) is 32.9 Å². The number of hydrogen-bond donors (Lipinski definition) is 1. The van der Waals surface area contributed by atoms with Gasteiger partial charge in [-0.25, -0.2) is 4.98 Å². The van der Waals surface area contributed by atoms with Gasteiger partial charge in [0.2, 0.25) is 0 Å². The summed E-state index contributed by atoms with van der Waals surface area (Å²) in [5.74, 6) is 0.655. The van der Waals surface area contributed by atoms with Crippen LogP contribution < -0.4 is 15.0 Å². The minimum Gasteiger partial charge on any atom is -0.495 e. The Bertz CT molecular complexity index is 784. The number of ether oxygens (including phenoxy) is 2. The van der Waals surface area contributed by atoms with Crippen molar-refractivity contribution in [1.29, 1.82) is 0 Å². The van der Waals surface area contributed by atoms with Gasteiger partial charge in [0.25, 0.3) is 5.91 Å². The van der Waals surface area contributed by atoms with Crippen molar-refractivity contribution in [2.45, 2.75) is 26.8 Å². The van der Waals surface area contributed by atoms with Gasteiger partial charge in [0, 0.05) is 23.5 Å². The van der Waals surface area contributed by atoms with Crippen molar-refractivity contribution in [2.75, 3.05) is 38.3 Å². The molecule has 1 aliphatic heterocycles. The summed E-state index contributed by atoms with van der Waals surface area (Å²) in [6, 6.07) is 5.40. The van der Waals surface area contributed by atoms with E-state index < -0.39 is 0 Å². The third-order valence-electron chi connectivity index (χ3n) is 4.49. The summed E-state index contributed by atoms with van der Waals surface area (Å²) in [4.78, 5) is 20.6. The zero-order valence-electron chi connectivity index (χ0n) is 15.7. The largest absolute Gasteiger partial charge is 0.495 e. The number of aromatic nitrogens is 1. The molecule has 1 aromatic heterocycles. The molecule has 140 valence electrons. The van der Waals surface area contributed by atoms with Crippen molar-refractivity contribution in [2.24, 2.45) is 0 Å². The first-order chi connectivity index (χ1) is 12.5. The van der Waals surface area contributed by atoms with E-state index in [1.165, 1.54) is 0 Å². The molecule has 1 amide bonds. The highest BCUT2D eigenvalue weighted by molar-refractivity contribution is 7.11. The first-order valence-corrected chi connectivity index (χ1v) is 9.56. The Morgan fingerprint density at radius 1 is 1.35 bits per heavy atom. The molecule has 0 aliphatic carbocycles. The van der Waals surface area contributed by atoms with Crippen LogP contribution >= 0.6 is 11.3 Å². The van der Waals surface area contributed by atoms with E-state index in [9.17, 15) is 4.79 Å². The molecule has 7 heteroatoms. The lowest BCUT2D eigenvalue weighted by Gasteiger charge is -2.30. The van der Waals surface area contributed by atoms with Crippen LogP contribution in [0.25, 0.3) is 0 Å². The Hall–Kier alpha value is -2.12. The topological polar surface area (TPSA) is 63.7 Å². The van der Waals surface area contributed by atoms with Crippen LogP contribution in [0.5, 0.6) is 5.75 Å². The van der Waals surface area contributed by atoms with E-state index in [2.05, 4.69) is 15.2 Å². The average Bonchev–Trinajstić information content (AvgIpc) is 3.00. The van der Waals surface area contributed by atoms with Gasteiger partial charge in [-0.1, -0.05) is 0 Å². The van der Waals surface area contributed by atoms with Crippen LogP contribution in [0.1, 0.15) is 38.9 Å². The fraction of sp³-hybridized carbons (Fsp3) is 0.474. The summed E-state index contributed by atoms with van der Waals surface area (Å²) in [7, 11) is 1.65. The van der Waals surface area contributed by atoms with Gasteiger partial charge in [0.15, 0.2) is 0 Å². The van der Waals surface area contributed by atoms with Crippen LogP contribution in [0.2, 0.25) is 0 Å². The van der Waals surface area contributed by atoms with Gasteiger partial charge in [-0.3, -0.25) is 4.79 Å². The summed E-state index contributed by atoms with van der Waals surface area (Å²) in [6.07, 6.45) is 0. The van der Waals surface area contributed by atoms with E-state index in [0.717, 1.165) is 40.1 Å². The summed E-state index contributed by atoms with van der Waals surface area (Å²) in [5.41, 5.74) is 2.48. The number of aryl methyl sites for hydroxylation is 2. The molecule has 1 atom stereocenters. The number of carbonyl (C=O) groups is 1. The second-order valence-electron chi connectivity index (χ2n) is 6.36. The molecule has 2 heterocycles. The monoisotopic (exact) mass is 375 g/mol. The molecule has 2 aromatic rings. The molecule has 3 rings (SSSR count).